The summed E-state index contributed by atoms with van der Waals surface area (Å²) in [6.45, 7) is 6.97. The minimum Gasteiger partial charge on any atom is -0.377 e. The zero-order valence-corrected chi connectivity index (χ0v) is 14.2. The zero-order chi connectivity index (χ0) is 15.0. The molecule has 0 saturated carbocycles. The van der Waals surface area contributed by atoms with Crippen LogP contribution in [0.4, 0.5) is 0 Å². The van der Waals surface area contributed by atoms with Gasteiger partial charge in [0, 0.05) is 39.3 Å². The van der Waals surface area contributed by atoms with E-state index in [1.807, 2.05) is 13.1 Å². The smallest absolute Gasteiger partial charge is 0.377 e. The highest BCUT2D eigenvalue weighted by molar-refractivity contribution is 6.60. The van der Waals surface area contributed by atoms with E-state index in [0.717, 1.165) is 43.6 Å². The summed E-state index contributed by atoms with van der Waals surface area (Å²) in [6, 6.07) is 0.824. The average molecular weight is 301 g/mol. The van der Waals surface area contributed by atoms with Crippen LogP contribution < -0.4 is 0 Å². The topological polar surface area (TPSA) is 59.6 Å². The highest BCUT2D eigenvalue weighted by Gasteiger charge is 2.36. The van der Waals surface area contributed by atoms with E-state index in [-0.39, 0.29) is 0 Å². The Balaban J connectivity index is 2.41. The molecule has 0 aromatic carbocycles. The lowest BCUT2D eigenvalue weighted by Gasteiger charge is -2.26. The maximum absolute atomic E-state index is 5.43. The van der Waals surface area contributed by atoms with Crippen molar-refractivity contribution in [1.29, 1.82) is 0 Å². The van der Waals surface area contributed by atoms with Crippen LogP contribution in [0.1, 0.15) is 24.9 Å². The summed E-state index contributed by atoms with van der Waals surface area (Å²) in [4.78, 5) is 9.95. The second-order valence-electron chi connectivity index (χ2n) is 4.78. The summed E-state index contributed by atoms with van der Waals surface area (Å²) in [5, 5.41) is 0. The number of hydrogen-bond donors (Lipinski definition) is 1. The van der Waals surface area contributed by atoms with Gasteiger partial charge in [0.05, 0.1) is 6.54 Å². The minimum absolute atomic E-state index is 0.824. The fourth-order valence-corrected chi connectivity index (χ4v) is 3.89. The standard InChI is InChI=1S/C13H27N3O3Si/c1-6-16(11-13-14-10-12(2)15-13)8-7-9-20(17-3,18-4)19-5/h10H,6-9,11H2,1-5H3,(H,14,15). The highest BCUT2D eigenvalue weighted by Crippen LogP contribution is 2.15. The first kappa shape index (κ1) is 17.3. The molecule has 1 aromatic heterocycles. The van der Waals surface area contributed by atoms with Gasteiger partial charge in [-0.15, -0.1) is 0 Å². The number of aryl methyl sites for hydroxylation is 1. The lowest BCUT2D eigenvalue weighted by Crippen LogP contribution is -2.43. The Morgan fingerprint density at radius 2 is 1.90 bits per heavy atom. The third kappa shape index (κ3) is 4.99. The molecule has 1 aromatic rings. The molecule has 0 fully saturated rings. The number of H-pyrrole nitrogens is 1. The number of hydrogen-bond acceptors (Lipinski definition) is 5. The molecule has 0 amide bonds. The van der Waals surface area contributed by atoms with E-state index < -0.39 is 8.80 Å². The molecule has 0 saturated heterocycles. The molecule has 0 aliphatic heterocycles. The molecular weight excluding hydrogens is 274 g/mol. The van der Waals surface area contributed by atoms with E-state index in [2.05, 4.69) is 21.8 Å². The molecule has 116 valence electrons. The van der Waals surface area contributed by atoms with Gasteiger partial charge in [0.15, 0.2) is 0 Å². The second-order valence-corrected chi connectivity index (χ2v) is 7.87. The Hall–Kier alpha value is -0.733. The summed E-state index contributed by atoms with van der Waals surface area (Å²) in [5.41, 5.74) is 1.10. The highest BCUT2D eigenvalue weighted by atomic mass is 28.4. The Labute approximate surface area is 122 Å². The van der Waals surface area contributed by atoms with Crippen LogP contribution in [0.15, 0.2) is 6.20 Å². The molecule has 0 spiro atoms. The van der Waals surface area contributed by atoms with Gasteiger partial charge in [0.25, 0.3) is 0 Å². The van der Waals surface area contributed by atoms with E-state index in [4.69, 9.17) is 13.3 Å². The van der Waals surface area contributed by atoms with Crippen LogP contribution in [0.3, 0.4) is 0 Å². The van der Waals surface area contributed by atoms with Crippen molar-refractivity contribution in [2.24, 2.45) is 0 Å². The first-order valence-electron chi connectivity index (χ1n) is 6.97. The molecule has 0 unspecified atom stereocenters. The Kier molecular flexibility index (Phi) is 7.39. The zero-order valence-electron chi connectivity index (χ0n) is 13.2. The van der Waals surface area contributed by atoms with Crippen LogP contribution >= 0.6 is 0 Å². The fourth-order valence-electron chi connectivity index (χ4n) is 2.18. The number of rotatable bonds is 10. The first-order chi connectivity index (χ1) is 9.59. The lowest BCUT2D eigenvalue weighted by molar-refractivity contribution is 0.121. The van der Waals surface area contributed by atoms with Crippen molar-refractivity contribution in [2.45, 2.75) is 32.9 Å². The Bertz CT molecular complexity index is 374. The molecule has 0 aliphatic rings. The van der Waals surface area contributed by atoms with Crippen LogP contribution in [0.2, 0.25) is 6.04 Å². The molecule has 0 aliphatic carbocycles. The van der Waals surface area contributed by atoms with Gasteiger partial charge in [-0.25, -0.2) is 4.98 Å². The quantitative estimate of drug-likeness (QED) is 0.668. The molecule has 0 atom stereocenters. The molecule has 0 radical (unpaired) electrons. The van der Waals surface area contributed by atoms with Gasteiger partial charge in [-0.2, -0.15) is 0 Å². The van der Waals surface area contributed by atoms with Gasteiger partial charge < -0.3 is 18.3 Å². The number of nitrogens with one attached hydrogen (secondary N) is 1. The average Bonchev–Trinajstić information content (AvgIpc) is 2.88. The Morgan fingerprint density at radius 1 is 1.25 bits per heavy atom. The third-order valence-electron chi connectivity index (χ3n) is 3.47. The van der Waals surface area contributed by atoms with Crippen molar-refractivity contribution in [3.05, 3.63) is 17.7 Å². The van der Waals surface area contributed by atoms with Crippen molar-refractivity contribution in [3.8, 4) is 0 Å². The summed E-state index contributed by atoms with van der Waals surface area (Å²) in [6.07, 6.45) is 2.84. The van der Waals surface area contributed by atoms with Crippen LogP contribution in [0.25, 0.3) is 0 Å². The molecule has 0 bridgehead atoms. The maximum Gasteiger partial charge on any atom is 0.500 e. The predicted molar refractivity (Wildman–Crippen MR) is 80.5 cm³/mol. The molecule has 20 heavy (non-hydrogen) atoms. The lowest BCUT2D eigenvalue weighted by atomic mass is 10.4. The molecular formula is C13H27N3O3Si. The Morgan fingerprint density at radius 3 is 2.35 bits per heavy atom. The van der Waals surface area contributed by atoms with Crippen molar-refractivity contribution < 1.29 is 13.3 Å². The van der Waals surface area contributed by atoms with Crippen molar-refractivity contribution in [3.63, 3.8) is 0 Å². The van der Waals surface area contributed by atoms with E-state index in [1.54, 1.807) is 21.3 Å². The van der Waals surface area contributed by atoms with Crippen molar-refractivity contribution in [1.82, 2.24) is 14.9 Å². The summed E-state index contributed by atoms with van der Waals surface area (Å²) in [5.74, 6) is 1.01. The van der Waals surface area contributed by atoms with E-state index in [9.17, 15) is 0 Å². The summed E-state index contributed by atoms with van der Waals surface area (Å²) < 4.78 is 16.3. The van der Waals surface area contributed by atoms with E-state index in [0.29, 0.717) is 0 Å². The molecule has 6 nitrogen and oxygen atoms in total. The maximum atomic E-state index is 5.43. The monoisotopic (exact) mass is 301 g/mol. The number of aromatic nitrogens is 2. The summed E-state index contributed by atoms with van der Waals surface area (Å²) >= 11 is 0. The SMILES string of the molecule is CCN(CCC[Si](OC)(OC)OC)Cc1ncc(C)[nH]1. The normalized spacial score (nSPS) is 12.3. The summed E-state index contributed by atoms with van der Waals surface area (Å²) in [7, 11) is 2.53. The first-order valence-corrected chi connectivity index (χ1v) is 8.90. The van der Waals surface area contributed by atoms with Gasteiger partial charge >= 0.3 is 8.80 Å². The second kappa shape index (κ2) is 8.53. The van der Waals surface area contributed by atoms with E-state index in [1.165, 1.54) is 0 Å². The van der Waals surface area contributed by atoms with E-state index >= 15 is 0 Å². The number of aromatic amines is 1. The molecule has 1 rings (SSSR count). The van der Waals surface area contributed by atoms with Crippen molar-refractivity contribution >= 4 is 8.80 Å². The van der Waals surface area contributed by atoms with Crippen LogP contribution in [0, 0.1) is 6.92 Å². The third-order valence-corrected chi connectivity index (χ3v) is 6.30. The molecule has 1 heterocycles. The number of nitrogens with zero attached hydrogens (tertiary/aromatic N) is 2. The largest absolute Gasteiger partial charge is 0.500 e. The van der Waals surface area contributed by atoms with Crippen LogP contribution in [0.5, 0.6) is 0 Å². The number of imidazole rings is 1. The van der Waals surface area contributed by atoms with Crippen molar-refractivity contribution in [2.75, 3.05) is 34.4 Å². The van der Waals surface area contributed by atoms with Crippen LogP contribution in [-0.2, 0) is 19.8 Å². The minimum atomic E-state index is -2.44. The predicted octanol–water partition coefficient (Wildman–Crippen LogP) is 1.81. The van der Waals surface area contributed by atoms with Crippen LogP contribution in [-0.4, -0.2) is 58.1 Å². The fraction of sp³-hybridized carbons (Fsp3) is 0.769. The van der Waals surface area contributed by atoms with Gasteiger partial charge in [-0.3, -0.25) is 4.90 Å². The van der Waals surface area contributed by atoms with Gasteiger partial charge in [0.1, 0.15) is 5.82 Å². The molecule has 7 heteroatoms. The molecule has 1 N–H and O–H groups in total. The van der Waals surface area contributed by atoms with Gasteiger partial charge in [-0.05, 0) is 26.4 Å². The van der Waals surface area contributed by atoms with Gasteiger partial charge in [0.2, 0.25) is 0 Å². The van der Waals surface area contributed by atoms with Gasteiger partial charge in [-0.1, -0.05) is 6.92 Å².